The second-order valence-corrected chi connectivity index (χ2v) is 5.21. The van der Waals surface area contributed by atoms with Gasteiger partial charge in [0.25, 0.3) is 5.69 Å². The van der Waals surface area contributed by atoms with Crippen LogP contribution in [-0.2, 0) is 4.79 Å². The van der Waals surface area contributed by atoms with Crippen LogP contribution in [0.3, 0.4) is 0 Å². The van der Waals surface area contributed by atoms with Gasteiger partial charge in [-0.3, -0.25) is 20.2 Å². The van der Waals surface area contributed by atoms with Gasteiger partial charge >= 0.3 is 6.03 Å². The maximum absolute atomic E-state index is 11.3. The average molecular weight is 349 g/mol. The number of carbonyl (C=O) groups is 2. The Hall–Kier alpha value is -3.20. The first-order valence-corrected chi connectivity index (χ1v) is 7.01. The third kappa shape index (κ3) is 3.10. The summed E-state index contributed by atoms with van der Waals surface area (Å²) >= 11 is 5.77. The average Bonchev–Trinajstić information content (AvgIpc) is 3.11. The molecule has 0 atom stereocenters. The van der Waals surface area contributed by atoms with E-state index >= 15 is 0 Å². The second-order valence-electron chi connectivity index (χ2n) is 4.78. The van der Waals surface area contributed by atoms with E-state index in [-0.39, 0.29) is 34.3 Å². The van der Waals surface area contributed by atoms with Gasteiger partial charge < -0.3 is 4.42 Å². The summed E-state index contributed by atoms with van der Waals surface area (Å²) in [5.41, 5.74) is 0.0722. The van der Waals surface area contributed by atoms with Gasteiger partial charge in [0.15, 0.2) is 0 Å². The van der Waals surface area contributed by atoms with E-state index in [1.54, 1.807) is 0 Å². The molecule has 2 aromatic rings. The lowest BCUT2D eigenvalue weighted by atomic mass is 10.1. The molecular weight excluding hydrogens is 340 g/mol. The van der Waals surface area contributed by atoms with E-state index in [4.69, 9.17) is 16.0 Å². The van der Waals surface area contributed by atoms with Crippen LogP contribution in [0.15, 0.2) is 39.9 Å². The summed E-state index contributed by atoms with van der Waals surface area (Å²) in [5, 5.41) is 18.2. The van der Waals surface area contributed by atoms with Crippen molar-refractivity contribution in [1.82, 2.24) is 10.3 Å². The van der Waals surface area contributed by atoms with Gasteiger partial charge in [-0.15, -0.1) is 0 Å². The van der Waals surface area contributed by atoms with Gasteiger partial charge in [-0.1, -0.05) is 11.6 Å². The number of carbonyl (C=O) groups excluding carboxylic acids is 2. The molecule has 0 radical (unpaired) electrons. The van der Waals surface area contributed by atoms with Gasteiger partial charge in [-0.25, -0.2) is 9.80 Å². The Morgan fingerprint density at radius 3 is 2.79 bits per heavy atom. The lowest BCUT2D eigenvalue weighted by Gasteiger charge is -2.03. The highest BCUT2D eigenvalue weighted by molar-refractivity contribution is 6.30. The number of hydrazone groups is 1. The topological polar surface area (TPSA) is 118 Å². The third-order valence-corrected chi connectivity index (χ3v) is 3.38. The number of furan rings is 1. The molecule has 3 amide bonds. The molecular formula is C14H9ClN4O5. The number of nitro benzene ring substituents is 1. The summed E-state index contributed by atoms with van der Waals surface area (Å²) in [4.78, 5) is 33.0. The Morgan fingerprint density at radius 1 is 1.33 bits per heavy atom. The van der Waals surface area contributed by atoms with Crippen molar-refractivity contribution in [1.29, 1.82) is 0 Å². The van der Waals surface area contributed by atoms with Crippen LogP contribution in [-0.4, -0.2) is 34.6 Å². The zero-order valence-corrected chi connectivity index (χ0v) is 12.7. The first-order valence-electron chi connectivity index (χ1n) is 6.63. The maximum atomic E-state index is 11.3. The molecule has 0 unspecified atom stereocenters. The molecule has 0 spiro atoms. The van der Waals surface area contributed by atoms with Gasteiger partial charge in [-0.2, -0.15) is 5.10 Å². The Labute approximate surface area is 139 Å². The number of nitrogens with zero attached hydrogens (tertiary/aromatic N) is 3. The number of urea groups is 1. The van der Waals surface area contributed by atoms with Crippen molar-refractivity contribution in [2.45, 2.75) is 0 Å². The number of nitrogens with one attached hydrogen (secondary N) is 1. The van der Waals surface area contributed by atoms with Gasteiger partial charge in [0.05, 0.1) is 16.7 Å². The van der Waals surface area contributed by atoms with Gasteiger partial charge in [0.1, 0.15) is 18.1 Å². The van der Waals surface area contributed by atoms with Crippen molar-refractivity contribution in [3.8, 4) is 11.3 Å². The van der Waals surface area contributed by atoms with Crippen molar-refractivity contribution in [2.75, 3.05) is 6.54 Å². The summed E-state index contributed by atoms with van der Waals surface area (Å²) < 4.78 is 5.48. The first-order chi connectivity index (χ1) is 11.4. The zero-order chi connectivity index (χ0) is 17.3. The molecule has 1 saturated heterocycles. The lowest BCUT2D eigenvalue weighted by molar-refractivity contribution is -0.384. The molecule has 10 heteroatoms. The van der Waals surface area contributed by atoms with Gasteiger partial charge in [0, 0.05) is 11.1 Å². The largest absolute Gasteiger partial charge is 0.455 e. The summed E-state index contributed by atoms with van der Waals surface area (Å²) in [7, 11) is 0. The van der Waals surface area contributed by atoms with E-state index in [1.807, 2.05) is 0 Å². The highest BCUT2D eigenvalue weighted by atomic mass is 35.5. The smallest absolute Gasteiger partial charge is 0.344 e. The highest BCUT2D eigenvalue weighted by Gasteiger charge is 2.26. The summed E-state index contributed by atoms with van der Waals surface area (Å²) in [6.45, 7) is -0.175. The van der Waals surface area contributed by atoms with E-state index in [1.165, 1.54) is 36.5 Å². The molecule has 24 heavy (non-hydrogen) atoms. The summed E-state index contributed by atoms with van der Waals surface area (Å²) in [6, 6.07) is 6.66. The van der Waals surface area contributed by atoms with Gasteiger partial charge in [0.2, 0.25) is 5.91 Å². The fourth-order valence-corrected chi connectivity index (χ4v) is 2.25. The van der Waals surface area contributed by atoms with E-state index in [9.17, 15) is 19.7 Å². The lowest BCUT2D eigenvalue weighted by Crippen LogP contribution is -2.24. The van der Waals surface area contributed by atoms with E-state index in [0.29, 0.717) is 0 Å². The molecule has 1 aliphatic heterocycles. The predicted molar refractivity (Wildman–Crippen MR) is 83.6 cm³/mol. The number of amides is 3. The predicted octanol–water partition coefficient (Wildman–Crippen LogP) is 2.39. The number of halogens is 1. The van der Waals surface area contributed by atoms with Crippen LogP contribution >= 0.6 is 11.6 Å². The van der Waals surface area contributed by atoms with Crippen LogP contribution in [0.25, 0.3) is 11.3 Å². The number of hydrogen-bond donors (Lipinski definition) is 1. The molecule has 0 saturated carbocycles. The van der Waals surface area contributed by atoms with Crippen LogP contribution in [0.5, 0.6) is 0 Å². The molecule has 0 bridgehead atoms. The monoisotopic (exact) mass is 348 g/mol. The standard InChI is InChI=1S/C14H9ClN4O5/c15-8-1-3-10(11(5-8)19(22)23)12-4-2-9(24-12)6-16-18-7-13(20)17-14(18)21/h1-6H,7H2,(H,17,20,21)/b16-6-. The van der Waals surface area contributed by atoms with E-state index < -0.39 is 16.9 Å². The van der Waals surface area contributed by atoms with Crippen LogP contribution < -0.4 is 5.32 Å². The fourth-order valence-electron chi connectivity index (χ4n) is 2.08. The Balaban J connectivity index is 1.85. The number of nitro groups is 1. The van der Waals surface area contributed by atoms with Crippen LogP contribution in [0.4, 0.5) is 10.5 Å². The maximum Gasteiger partial charge on any atom is 0.344 e. The normalized spacial score (nSPS) is 14.5. The van der Waals surface area contributed by atoms with Crippen molar-refractivity contribution in [2.24, 2.45) is 5.10 Å². The van der Waals surface area contributed by atoms with Crippen LogP contribution in [0.1, 0.15) is 5.76 Å². The van der Waals surface area contributed by atoms with Crippen molar-refractivity contribution in [3.63, 3.8) is 0 Å². The minimum absolute atomic E-state index is 0.175. The molecule has 1 fully saturated rings. The number of hydrogen-bond acceptors (Lipinski definition) is 6. The Kier molecular flexibility index (Phi) is 4.00. The second kappa shape index (κ2) is 6.13. The highest BCUT2D eigenvalue weighted by Crippen LogP contribution is 2.33. The van der Waals surface area contributed by atoms with Crippen LogP contribution in [0.2, 0.25) is 5.02 Å². The molecule has 1 aliphatic rings. The Bertz CT molecular complexity index is 876. The van der Waals surface area contributed by atoms with Crippen molar-refractivity contribution in [3.05, 3.63) is 51.2 Å². The number of rotatable bonds is 4. The molecule has 0 aliphatic carbocycles. The summed E-state index contributed by atoms with van der Waals surface area (Å²) in [6.07, 6.45) is 1.24. The third-order valence-electron chi connectivity index (χ3n) is 3.15. The molecule has 1 N–H and O–H groups in total. The first kappa shape index (κ1) is 15.7. The molecule has 3 rings (SSSR count). The minimum Gasteiger partial charge on any atom is -0.455 e. The molecule has 9 nitrogen and oxygen atoms in total. The summed E-state index contributed by atoms with van der Waals surface area (Å²) in [5.74, 6) is 0.0669. The van der Waals surface area contributed by atoms with Gasteiger partial charge in [-0.05, 0) is 24.3 Å². The Morgan fingerprint density at radius 2 is 2.12 bits per heavy atom. The number of imide groups is 1. The quantitative estimate of drug-likeness (QED) is 0.394. The SMILES string of the molecule is O=C1CN(/N=C\c2ccc(-c3ccc(Cl)cc3[N+](=O)[O-])o2)C(=O)N1. The van der Waals surface area contributed by atoms with Crippen molar-refractivity contribution >= 4 is 35.4 Å². The molecule has 122 valence electrons. The van der Waals surface area contributed by atoms with E-state index in [2.05, 4.69) is 10.4 Å². The zero-order valence-electron chi connectivity index (χ0n) is 11.9. The van der Waals surface area contributed by atoms with Crippen LogP contribution in [0, 0.1) is 10.1 Å². The van der Waals surface area contributed by atoms with Crippen molar-refractivity contribution < 1.29 is 18.9 Å². The molecule has 2 heterocycles. The molecule has 1 aromatic carbocycles. The number of benzene rings is 1. The van der Waals surface area contributed by atoms with E-state index in [0.717, 1.165) is 5.01 Å². The molecule has 1 aromatic heterocycles. The minimum atomic E-state index is -0.628. The fraction of sp³-hybridized carbons (Fsp3) is 0.0714.